The summed E-state index contributed by atoms with van der Waals surface area (Å²) >= 11 is 0. The van der Waals surface area contributed by atoms with Crippen molar-refractivity contribution < 1.29 is 18.7 Å². The van der Waals surface area contributed by atoms with Crippen molar-refractivity contribution >= 4 is 11.6 Å². The van der Waals surface area contributed by atoms with Gasteiger partial charge in [-0.3, -0.25) is 4.79 Å². The Kier molecular flexibility index (Phi) is 7.20. The van der Waals surface area contributed by atoms with Crippen LogP contribution < -0.4 is 15.4 Å². The van der Waals surface area contributed by atoms with E-state index in [9.17, 15) is 9.18 Å². The van der Waals surface area contributed by atoms with E-state index in [4.69, 9.17) is 9.47 Å². The van der Waals surface area contributed by atoms with Crippen LogP contribution in [0.2, 0.25) is 0 Å². The van der Waals surface area contributed by atoms with Gasteiger partial charge in [-0.25, -0.2) is 4.39 Å². The fraction of sp³-hybridized carbons (Fsp3) is 0.278. The molecule has 0 aliphatic carbocycles. The molecule has 2 N–H and O–H groups in total. The number of hydrogen-bond donors (Lipinski definition) is 2. The molecule has 0 spiro atoms. The van der Waals surface area contributed by atoms with Crippen LogP contribution in [0.1, 0.15) is 5.56 Å². The molecule has 0 radical (unpaired) electrons. The number of benzene rings is 2. The average Bonchev–Trinajstić information content (AvgIpc) is 2.57. The third-order valence-electron chi connectivity index (χ3n) is 3.18. The molecule has 0 saturated carbocycles. The van der Waals surface area contributed by atoms with Crippen molar-refractivity contribution in [1.29, 1.82) is 0 Å². The maximum Gasteiger partial charge on any atom is 0.238 e. The van der Waals surface area contributed by atoms with Crippen LogP contribution in [0.15, 0.2) is 48.5 Å². The summed E-state index contributed by atoms with van der Waals surface area (Å²) in [5, 5.41) is 5.78. The SMILES string of the molecule is COCCNCC(=O)Nc1cccc(COc2cccc(F)c2)c1. The van der Waals surface area contributed by atoms with Crippen molar-refractivity contribution in [3.8, 4) is 5.75 Å². The predicted octanol–water partition coefficient (Wildman–Crippen LogP) is 2.58. The first-order valence-corrected chi connectivity index (χ1v) is 7.64. The van der Waals surface area contributed by atoms with Gasteiger partial charge in [-0.1, -0.05) is 18.2 Å². The van der Waals surface area contributed by atoms with E-state index in [0.29, 0.717) is 31.2 Å². The topological polar surface area (TPSA) is 59.6 Å². The molecule has 0 atom stereocenters. The van der Waals surface area contributed by atoms with Gasteiger partial charge in [0, 0.05) is 25.4 Å². The lowest BCUT2D eigenvalue weighted by atomic mass is 10.2. The summed E-state index contributed by atoms with van der Waals surface area (Å²) in [7, 11) is 1.61. The van der Waals surface area contributed by atoms with Crippen LogP contribution in [0.3, 0.4) is 0 Å². The molecule has 0 bridgehead atoms. The number of anilines is 1. The van der Waals surface area contributed by atoms with Gasteiger partial charge in [0.05, 0.1) is 13.2 Å². The highest BCUT2D eigenvalue weighted by Crippen LogP contribution is 2.16. The fourth-order valence-corrected chi connectivity index (χ4v) is 2.04. The Bertz CT molecular complexity index is 664. The Morgan fingerprint density at radius 1 is 1.17 bits per heavy atom. The Morgan fingerprint density at radius 2 is 2.00 bits per heavy atom. The molecule has 5 nitrogen and oxygen atoms in total. The Morgan fingerprint density at radius 3 is 2.79 bits per heavy atom. The van der Waals surface area contributed by atoms with E-state index in [1.165, 1.54) is 12.1 Å². The van der Waals surface area contributed by atoms with Gasteiger partial charge in [0.1, 0.15) is 18.2 Å². The quantitative estimate of drug-likeness (QED) is 0.693. The van der Waals surface area contributed by atoms with Crippen molar-refractivity contribution in [2.45, 2.75) is 6.61 Å². The largest absolute Gasteiger partial charge is 0.489 e. The highest BCUT2D eigenvalue weighted by atomic mass is 19.1. The standard InChI is InChI=1S/C18H21FN2O3/c1-23-9-8-20-12-18(22)21-16-6-2-4-14(10-16)13-24-17-7-3-5-15(19)11-17/h2-7,10-11,20H,8-9,12-13H2,1H3,(H,21,22). The second kappa shape index (κ2) is 9.64. The van der Waals surface area contributed by atoms with Gasteiger partial charge in [-0.15, -0.1) is 0 Å². The van der Waals surface area contributed by atoms with Crippen molar-refractivity contribution in [3.05, 3.63) is 59.9 Å². The summed E-state index contributed by atoms with van der Waals surface area (Å²) in [6.07, 6.45) is 0. The minimum absolute atomic E-state index is 0.130. The summed E-state index contributed by atoms with van der Waals surface area (Å²) in [5.41, 5.74) is 1.57. The molecule has 0 fully saturated rings. The maximum atomic E-state index is 13.1. The van der Waals surface area contributed by atoms with Gasteiger partial charge < -0.3 is 20.1 Å². The molecule has 0 saturated heterocycles. The molecule has 6 heteroatoms. The molecule has 1 amide bonds. The van der Waals surface area contributed by atoms with Crippen LogP contribution in [-0.4, -0.2) is 32.7 Å². The average molecular weight is 332 g/mol. The fourth-order valence-electron chi connectivity index (χ4n) is 2.04. The summed E-state index contributed by atoms with van der Waals surface area (Å²) in [6, 6.07) is 13.3. The maximum absolute atomic E-state index is 13.1. The highest BCUT2D eigenvalue weighted by molar-refractivity contribution is 5.92. The van der Waals surface area contributed by atoms with Crippen molar-refractivity contribution in [2.75, 3.05) is 32.1 Å². The number of amides is 1. The van der Waals surface area contributed by atoms with Crippen LogP contribution in [0, 0.1) is 5.82 Å². The summed E-state index contributed by atoms with van der Waals surface area (Å²) in [5.74, 6) is -0.00410. The van der Waals surface area contributed by atoms with Crippen LogP contribution in [0.4, 0.5) is 10.1 Å². The molecule has 2 aromatic rings. The van der Waals surface area contributed by atoms with E-state index in [-0.39, 0.29) is 18.3 Å². The lowest BCUT2D eigenvalue weighted by Gasteiger charge is -2.10. The minimum Gasteiger partial charge on any atom is -0.489 e. The Balaban J connectivity index is 1.83. The smallest absolute Gasteiger partial charge is 0.238 e. The Hall–Kier alpha value is -2.44. The molecule has 2 aromatic carbocycles. The number of rotatable bonds is 9. The van der Waals surface area contributed by atoms with Gasteiger partial charge in [0.25, 0.3) is 0 Å². The first-order valence-electron chi connectivity index (χ1n) is 7.64. The third-order valence-corrected chi connectivity index (χ3v) is 3.18. The number of carbonyl (C=O) groups excluding carboxylic acids is 1. The molecule has 0 aromatic heterocycles. The molecular formula is C18H21FN2O3. The molecule has 0 aliphatic heterocycles. The van der Waals surface area contributed by atoms with Crippen molar-refractivity contribution in [1.82, 2.24) is 5.32 Å². The van der Waals surface area contributed by atoms with Gasteiger partial charge in [0.15, 0.2) is 0 Å². The first-order chi connectivity index (χ1) is 11.7. The zero-order valence-corrected chi connectivity index (χ0v) is 13.5. The second-order valence-electron chi connectivity index (χ2n) is 5.16. The van der Waals surface area contributed by atoms with Gasteiger partial charge in [0.2, 0.25) is 5.91 Å². The Labute approximate surface area is 140 Å². The van der Waals surface area contributed by atoms with E-state index in [1.807, 2.05) is 18.2 Å². The number of nitrogens with one attached hydrogen (secondary N) is 2. The second-order valence-corrected chi connectivity index (χ2v) is 5.16. The van der Waals surface area contributed by atoms with Crippen LogP contribution >= 0.6 is 0 Å². The number of hydrogen-bond acceptors (Lipinski definition) is 4. The van der Waals surface area contributed by atoms with Gasteiger partial charge in [-0.2, -0.15) is 0 Å². The minimum atomic E-state index is -0.338. The normalized spacial score (nSPS) is 10.4. The lowest BCUT2D eigenvalue weighted by molar-refractivity contribution is -0.115. The molecule has 2 rings (SSSR count). The summed E-state index contributed by atoms with van der Waals surface area (Å²) in [4.78, 5) is 11.8. The first kappa shape index (κ1) is 17.9. The number of ether oxygens (including phenoxy) is 2. The third kappa shape index (κ3) is 6.36. The highest BCUT2D eigenvalue weighted by Gasteiger charge is 2.03. The van der Waals surface area contributed by atoms with Crippen LogP contribution in [0.25, 0.3) is 0 Å². The van der Waals surface area contributed by atoms with E-state index in [2.05, 4.69) is 10.6 Å². The molecule has 0 aliphatic rings. The van der Waals surface area contributed by atoms with Gasteiger partial charge >= 0.3 is 0 Å². The number of halogens is 1. The van der Waals surface area contributed by atoms with Crippen LogP contribution in [-0.2, 0) is 16.1 Å². The van der Waals surface area contributed by atoms with E-state index >= 15 is 0 Å². The predicted molar refractivity (Wildman–Crippen MR) is 90.5 cm³/mol. The molecular weight excluding hydrogens is 311 g/mol. The number of methoxy groups -OCH3 is 1. The van der Waals surface area contributed by atoms with E-state index in [0.717, 1.165) is 5.56 Å². The molecule has 128 valence electrons. The molecule has 0 heterocycles. The van der Waals surface area contributed by atoms with Gasteiger partial charge in [-0.05, 0) is 29.8 Å². The lowest BCUT2D eigenvalue weighted by Crippen LogP contribution is -2.30. The van der Waals surface area contributed by atoms with Crippen molar-refractivity contribution in [2.24, 2.45) is 0 Å². The zero-order valence-electron chi connectivity index (χ0n) is 13.5. The van der Waals surface area contributed by atoms with Crippen molar-refractivity contribution in [3.63, 3.8) is 0 Å². The summed E-state index contributed by atoms with van der Waals surface area (Å²) in [6.45, 7) is 1.68. The molecule has 0 unspecified atom stereocenters. The number of carbonyl (C=O) groups is 1. The van der Waals surface area contributed by atoms with E-state index in [1.54, 1.807) is 25.3 Å². The zero-order chi connectivity index (χ0) is 17.2. The molecule has 24 heavy (non-hydrogen) atoms. The monoisotopic (exact) mass is 332 g/mol. The van der Waals surface area contributed by atoms with E-state index < -0.39 is 0 Å². The summed E-state index contributed by atoms with van der Waals surface area (Å²) < 4.78 is 23.6. The van der Waals surface area contributed by atoms with Crippen LogP contribution in [0.5, 0.6) is 5.75 Å².